The second-order valence-electron chi connectivity index (χ2n) is 6.97. The van der Waals surface area contributed by atoms with Crippen molar-refractivity contribution in [3.8, 4) is 11.5 Å². The van der Waals surface area contributed by atoms with Crippen molar-refractivity contribution in [1.29, 1.82) is 0 Å². The second kappa shape index (κ2) is 9.42. The largest absolute Gasteiger partial charge is 0.493 e. The SMILES string of the molecule is CCOc1ccc(C[NH+](C)[C@H](C)C(=O)Nc2ccc(C)cc2C)cc1OC. The van der Waals surface area contributed by atoms with Crippen LogP contribution in [0.5, 0.6) is 11.5 Å². The van der Waals surface area contributed by atoms with Crippen molar-refractivity contribution in [1.82, 2.24) is 0 Å². The average Bonchev–Trinajstić information content (AvgIpc) is 2.64. The van der Waals surface area contributed by atoms with E-state index in [0.29, 0.717) is 13.2 Å². The molecule has 0 spiro atoms. The maximum Gasteiger partial charge on any atom is 0.282 e. The third-order valence-electron chi connectivity index (χ3n) is 4.78. The van der Waals surface area contributed by atoms with Crippen LogP contribution in [-0.2, 0) is 11.3 Å². The molecule has 0 fully saturated rings. The highest BCUT2D eigenvalue weighted by Gasteiger charge is 2.23. The summed E-state index contributed by atoms with van der Waals surface area (Å²) in [6.45, 7) is 9.25. The lowest BCUT2D eigenvalue weighted by molar-refractivity contribution is -0.907. The van der Waals surface area contributed by atoms with Gasteiger partial charge in [-0.05, 0) is 57.5 Å². The van der Waals surface area contributed by atoms with Gasteiger partial charge in [-0.3, -0.25) is 4.79 Å². The fraction of sp³-hybridized carbons (Fsp3) is 0.409. The Bertz CT molecular complexity index is 789. The molecule has 1 amide bonds. The quantitative estimate of drug-likeness (QED) is 0.750. The molecule has 27 heavy (non-hydrogen) atoms. The van der Waals surface area contributed by atoms with E-state index in [1.807, 2.05) is 65.1 Å². The molecule has 2 aromatic carbocycles. The number of hydrogen-bond acceptors (Lipinski definition) is 3. The molecular weight excluding hydrogens is 340 g/mol. The lowest BCUT2D eigenvalue weighted by Crippen LogP contribution is -3.12. The molecule has 2 rings (SSSR count). The smallest absolute Gasteiger partial charge is 0.282 e. The molecule has 0 radical (unpaired) electrons. The Morgan fingerprint density at radius 3 is 2.52 bits per heavy atom. The Morgan fingerprint density at radius 2 is 1.89 bits per heavy atom. The summed E-state index contributed by atoms with van der Waals surface area (Å²) in [7, 11) is 3.66. The first-order valence-electron chi connectivity index (χ1n) is 9.35. The van der Waals surface area contributed by atoms with Crippen molar-refractivity contribution in [2.24, 2.45) is 0 Å². The van der Waals surface area contributed by atoms with Crippen molar-refractivity contribution in [3.63, 3.8) is 0 Å². The molecule has 5 nitrogen and oxygen atoms in total. The number of aryl methyl sites for hydroxylation is 2. The number of benzene rings is 2. The molecule has 5 heteroatoms. The maximum absolute atomic E-state index is 12.7. The number of methoxy groups -OCH3 is 1. The van der Waals surface area contributed by atoms with E-state index < -0.39 is 0 Å². The van der Waals surface area contributed by atoms with E-state index >= 15 is 0 Å². The molecule has 0 aliphatic carbocycles. The molecule has 0 heterocycles. The summed E-state index contributed by atoms with van der Waals surface area (Å²) < 4.78 is 11.0. The van der Waals surface area contributed by atoms with Gasteiger partial charge in [-0.15, -0.1) is 0 Å². The minimum Gasteiger partial charge on any atom is -0.493 e. The predicted octanol–water partition coefficient (Wildman–Crippen LogP) is 2.75. The molecule has 0 saturated heterocycles. The molecule has 2 atom stereocenters. The monoisotopic (exact) mass is 371 g/mol. The summed E-state index contributed by atoms with van der Waals surface area (Å²) in [5.41, 5.74) is 4.22. The summed E-state index contributed by atoms with van der Waals surface area (Å²) in [4.78, 5) is 13.8. The second-order valence-corrected chi connectivity index (χ2v) is 6.97. The third-order valence-corrected chi connectivity index (χ3v) is 4.78. The van der Waals surface area contributed by atoms with E-state index in [2.05, 4.69) is 11.4 Å². The van der Waals surface area contributed by atoms with Crippen molar-refractivity contribution in [2.75, 3.05) is 26.1 Å². The highest BCUT2D eigenvalue weighted by Crippen LogP contribution is 2.27. The summed E-state index contributed by atoms with van der Waals surface area (Å²) in [6.07, 6.45) is 0. The zero-order chi connectivity index (χ0) is 20.0. The van der Waals surface area contributed by atoms with E-state index in [9.17, 15) is 4.79 Å². The standard InChI is InChI=1S/C22H30N2O3/c1-7-27-20-11-9-18(13-21(20)26-6)14-24(5)17(4)22(25)23-19-10-8-15(2)12-16(19)3/h8-13,17H,7,14H2,1-6H3,(H,23,25)/p+1/t17-/m1/s1. The van der Waals surface area contributed by atoms with Crippen molar-refractivity contribution >= 4 is 11.6 Å². The maximum atomic E-state index is 12.7. The van der Waals surface area contributed by atoms with Crippen molar-refractivity contribution in [2.45, 2.75) is 40.3 Å². The van der Waals surface area contributed by atoms with Crippen LogP contribution in [0, 0.1) is 13.8 Å². The number of amides is 1. The van der Waals surface area contributed by atoms with Crippen LogP contribution >= 0.6 is 0 Å². The average molecular weight is 372 g/mol. The Hall–Kier alpha value is -2.53. The predicted molar refractivity (Wildman–Crippen MR) is 109 cm³/mol. The number of likely N-dealkylation sites (N-methyl/N-ethyl adjacent to an activating group) is 1. The van der Waals surface area contributed by atoms with Crippen LogP contribution in [0.1, 0.15) is 30.5 Å². The molecule has 0 aliphatic rings. The van der Waals surface area contributed by atoms with Crippen molar-refractivity contribution < 1.29 is 19.2 Å². The van der Waals surface area contributed by atoms with Gasteiger partial charge in [0.05, 0.1) is 20.8 Å². The fourth-order valence-corrected chi connectivity index (χ4v) is 2.99. The molecular formula is C22H31N2O3+. The van der Waals surface area contributed by atoms with Gasteiger partial charge in [-0.1, -0.05) is 17.7 Å². The van der Waals surface area contributed by atoms with Crippen LogP contribution in [0.25, 0.3) is 0 Å². The molecule has 2 aromatic rings. The molecule has 0 aliphatic heterocycles. The van der Waals surface area contributed by atoms with Crippen LogP contribution < -0.4 is 19.7 Å². The van der Waals surface area contributed by atoms with Gasteiger partial charge in [0.2, 0.25) is 0 Å². The minimum atomic E-state index is -0.191. The van der Waals surface area contributed by atoms with Crippen LogP contribution in [0.15, 0.2) is 36.4 Å². The van der Waals surface area contributed by atoms with Gasteiger partial charge in [-0.2, -0.15) is 0 Å². The van der Waals surface area contributed by atoms with E-state index in [0.717, 1.165) is 33.2 Å². The molecule has 0 aromatic heterocycles. The van der Waals surface area contributed by atoms with E-state index in [4.69, 9.17) is 9.47 Å². The summed E-state index contributed by atoms with van der Waals surface area (Å²) in [5.74, 6) is 1.47. The van der Waals surface area contributed by atoms with Crippen LogP contribution in [0.3, 0.4) is 0 Å². The molecule has 146 valence electrons. The number of nitrogens with one attached hydrogen (secondary N) is 2. The fourth-order valence-electron chi connectivity index (χ4n) is 2.99. The molecule has 1 unspecified atom stereocenters. The van der Waals surface area contributed by atoms with E-state index in [1.165, 1.54) is 5.56 Å². The minimum absolute atomic E-state index is 0.0114. The third kappa shape index (κ3) is 5.47. The van der Waals surface area contributed by atoms with Gasteiger partial charge in [0, 0.05) is 11.3 Å². The van der Waals surface area contributed by atoms with E-state index in [1.54, 1.807) is 7.11 Å². The number of hydrogen-bond donors (Lipinski definition) is 2. The normalized spacial score (nSPS) is 13.0. The number of rotatable bonds is 8. The summed E-state index contributed by atoms with van der Waals surface area (Å²) in [6, 6.07) is 11.8. The van der Waals surface area contributed by atoms with Gasteiger partial charge in [0.25, 0.3) is 5.91 Å². The molecule has 0 saturated carbocycles. The summed E-state index contributed by atoms with van der Waals surface area (Å²) >= 11 is 0. The summed E-state index contributed by atoms with van der Waals surface area (Å²) in [5, 5.41) is 3.05. The lowest BCUT2D eigenvalue weighted by atomic mass is 10.1. The van der Waals surface area contributed by atoms with E-state index in [-0.39, 0.29) is 11.9 Å². The van der Waals surface area contributed by atoms with Crippen LogP contribution in [-0.4, -0.2) is 32.7 Å². The first-order chi connectivity index (χ1) is 12.8. The zero-order valence-electron chi connectivity index (χ0n) is 17.2. The molecule has 2 N–H and O–H groups in total. The van der Waals surface area contributed by atoms with Crippen molar-refractivity contribution in [3.05, 3.63) is 53.1 Å². The first-order valence-corrected chi connectivity index (χ1v) is 9.35. The number of carbonyl (C=O) groups is 1. The van der Waals surface area contributed by atoms with Gasteiger partial charge in [0.1, 0.15) is 6.54 Å². The molecule has 0 bridgehead atoms. The lowest BCUT2D eigenvalue weighted by Gasteiger charge is -2.22. The number of quaternary nitrogens is 1. The van der Waals surface area contributed by atoms with Gasteiger partial charge in [0.15, 0.2) is 17.5 Å². The number of anilines is 1. The zero-order valence-corrected chi connectivity index (χ0v) is 17.2. The van der Waals surface area contributed by atoms with Crippen LogP contribution in [0.2, 0.25) is 0 Å². The first kappa shape index (κ1) is 20.8. The van der Waals surface area contributed by atoms with Gasteiger partial charge < -0.3 is 19.7 Å². The van der Waals surface area contributed by atoms with Crippen LogP contribution in [0.4, 0.5) is 5.69 Å². The highest BCUT2D eigenvalue weighted by molar-refractivity contribution is 5.94. The topological polar surface area (TPSA) is 52.0 Å². The van der Waals surface area contributed by atoms with Gasteiger partial charge >= 0.3 is 0 Å². The Kier molecular flexibility index (Phi) is 7.25. The number of ether oxygens (including phenoxy) is 2. The highest BCUT2D eigenvalue weighted by atomic mass is 16.5. The Labute approximate surface area is 162 Å². The Balaban J connectivity index is 2.04. The van der Waals surface area contributed by atoms with Gasteiger partial charge in [-0.25, -0.2) is 0 Å². The number of carbonyl (C=O) groups excluding carboxylic acids is 1. The Morgan fingerprint density at radius 1 is 1.15 bits per heavy atom.